The van der Waals surface area contributed by atoms with Crippen molar-refractivity contribution in [1.82, 2.24) is 14.5 Å². The average molecular weight is 270 g/mol. The molecule has 0 aliphatic heterocycles. The molecular formula is C16H22N4. The summed E-state index contributed by atoms with van der Waals surface area (Å²) in [6, 6.07) is 2.69. The lowest BCUT2D eigenvalue weighted by molar-refractivity contribution is 0.356. The van der Waals surface area contributed by atoms with Gasteiger partial charge in [-0.1, -0.05) is 19.3 Å². The van der Waals surface area contributed by atoms with Gasteiger partial charge in [0.15, 0.2) is 0 Å². The van der Waals surface area contributed by atoms with Gasteiger partial charge < -0.3 is 9.88 Å². The lowest BCUT2D eigenvalue weighted by Crippen LogP contribution is -2.14. The van der Waals surface area contributed by atoms with E-state index < -0.39 is 0 Å². The van der Waals surface area contributed by atoms with Crippen molar-refractivity contribution in [3.05, 3.63) is 35.9 Å². The number of rotatable bonds is 3. The van der Waals surface area contributed by atoms with E-state index in [0.717, 1.165) is 22.9 Å². The molecule has 1 aliphatic carbocycles. The summed E-state index contributed by atoms with van der Waals surface area (Å²) in [5.74, 6) is 0.946. The normalized spacial score (nSPS) is 16.3. The number of nitrogens with zero attached hydrogens (tertiary/aromatic N) is 3. The van der Waals surface area contributed by atoms with E-state index >= 15 is 0 Å². The summed E-state index contributed by atoms with van der Waals surface area (Å²) in [6.07, 6.45) is 12.4. The van der Waals surface area contributed by atoms with E-state index in [9.17, 15) is 0 Å². The molecule has 1 aliphatic rings. The summed E-state index contributed by atoms with van der Waals surface area (Å²) in [7, 11) is 0. The predicted octanol–water partition coefficient (Wildman–Crippen LogP) is 4.14. The Morgan fingerprint density at radius 1 is 1.15 bits per heavy atom. The minimum absolute atomic E-state index is 0.588. The Labute approximate surface area is 120 Å². The molecule has 3 rings (SSSR count). The van der Waals surface area contributed by atoms with Crippen LogP contribution in [0.2, 0.25) is 0 Å². The second-order valence-electron chi connectivity index (χ2n) is 5.78. The topological polar surface area (TPSA) is 42.7 Å². The van der Waals surface area contributed by atoms with Crippen LogP contribution in [0.3, 0.4) is 0 Å². The molecule has 1 saturated carbocycles. The molecular weight excluding hydrogens is 248 g/mol. The van der Waals surface area contributed by atoms with Crippen molar-refractivity contribution in [3.8, 4) is 0 Å². The van der Waals surface area contributed by atoms with Gasteiger partial charge in [-0.15, -0.1) is 0 Å². The molecule has 2 aromatic rings. The molecule has 0 aromatic carbocycles. The first-order valence-electron chi connectivity index (χ1n) is 7.46. The largest absolute Gasteiger partial charge is 0.324 e. The zero-order valence-electron chi connectivity index (χ0n) is 12.3. The Morgan fingerprint density at radius 2 is 1.95 bits per heavy atom. The molecule has 0 atom stereocenters. The molecule has 20 heavy (non-hydrogen) atoms. The summed E-state index contributed by atoms with van der Waals surface area (Å²) in [5.41, 5.74) is 3.23. The molecule has 0 saturated heterocycles. The summed E-state index contributed by atoms with van der Waals surface area (Å²) in [6.45, 7) is 4.11. The number of imidazole rings is 1. The molecule has 2 aromatic heterocycles. The standard InChI is InChI=1S/C16H22N4/c1-12-8-14(10-17-9-12)19-16-18-13(2)11-20(16)15-6-4-3-5-7-15/h8-11,15H,3-7H2,1-2H3,(H,18,19). The predicted molar refractivity (Wildman–Crippen MR) is 81.3 cm³/mol. The van der Waals surface area contributed by atoms with Crippen LogP contribution in [-0.4, -0.2) is 14.5 Å². The van der Waals surface area contributed by atoms with Gasteiger partial charge in [0.1, 0.15) is 0 Å². The smallest absolute Gasteiger partial charge is 0.207 e. The molecule has 0 radical (unpaired) electrons. The third kappa shape index (κ3) is 2.84. The van der Waals surface area contributed by atoms with Gasteiger partial charge >= 0.3 is 0 Å². The van der Waals surface area contributed by atoms with Crippen molar-refractivity contribution < 1.29 is 0 Å². The number of hydrogen-bond acceptors (Lipinski definition) is 3. The Morgan fingerprint density at radius 3 is 2.70 bits per heavy atom. The van der Waals surface area contributed by atoms with Gasteiger partial charge in [0.25, 0.3) is 0 Å². The Balaban J connectivity index is 1.85. The minimum atomic E-state index is 0.588. The summed E-state index contributed by atoms with van der Waals surface area (Å²) in [5, 5.41) is 3.42. The van der Waals surface area contributed by atoms with Crippen LogP contribution >= 0.6 is 0 Å². The van der Waals surface area contributed by atoms with E-state index in [1.54, 1.807) is 0 Å². The number of pyridine rings is 1. The van der Waals surface area contributed by atoms with E-state index in [2.05, 4.69) is 46.0 Å². The molecule has 106 valence electrons. The Bertz CT molecular complexity index is 582. The van der Waals surface area contributed by atoms with Gasteiger partial charge in [-0.2, -0.15) is 0 Å². The summed E-state index contributed by atoms with van der Waals surface area (Å²) >= 11 is 0. The van der Waals surface area contributed by atoms with Crippen molar-refractivity contribution in [2.45, 2.75) is 52.0 Å². The van der Waals surface area contributed by atoms with Crippen LogP contribution in [0.25, 0.3) is 0 Å². The van der Waals surface area contributed by atoms with Crippen LogP contribution < -0.4 is 5.32 Å². The fraction of sp³-hybridized carbons (Fsp3) is 0.500. The molecule has 0 spiro atoms. The Hall–Kier alpha value is -1.84. The maximum atomic E-state index is 4.63. The summed E-state index contributed by atoms with van der Waals surface area (Å²) < 4.78 is 2.32. The van der Waals surface area contributed by atoms with Crippen LogP contribution in [0.4, 0.5) is 11.6 Å². The van der Waals surface area contributed by atoms with Crippen molar-refractivity contribution in [3.63, 3.8) is 0 Å². The van der Waals surface area contributed by atoms with E-state index in [0.29, 0.717) is 6.04 Å². The van der Waals surface area contributed by atoms with Gasteiger partial charge in [0, 0.05) is 18.4 Å². The van der Waals surface area contributed by atoms with Gasteiger partial charge in [0.05, 0.1) is 17.6 Å². The molecule has 0 bridgehead atoms. The monoisotopic (exact) mass is 270 g/mol. The number of aromatic nitrogens is 3. The van der Waals surface area contributed by atoms with Gasteiger partial charge in [-0.05, 0) is 38.3 Å². The van der Waals surface area contributed by atoms with Gasteiger partial charge in [0.2, 0.25) is 5.95 Å². The molecule has 2 heterocycles. The van der Waals surface area contributed by atoms with Crippen LogP contribution in [0.1, 0.15) is 49.4 Å². The lowest BCUT2D eigenvalue weighted by Gasteiger charge is -2.24. The van der Waals surface area contributed by atoms with Crippen LogP contribution in [0, 0.1) is 13.8 Å². The van der Waals surface area contributed by atoms with E-state index in [1.807, 2.05) is 12.4 Å². The zero-order chi connectivity index (χ0) is 13.9. The first-order valence-corrected chi connectivity index (χ1v) is 7.46. The highest BCUT2D eigenvalue weighted by atomic mass is 15.2. The maximum Gasteiger partial charge on any atom is 0.207 e. The van der Waals surface area contributed by atoms with E-state index in [1.165, 1.54) is 32.1 Å². The van der Waals surface area contributed by atoms with Crippen LogP contribution in [0.5, 0.6) is 0 Å². The third-order valence-corrected chi connectivity index (χ3v) is 3.95. The molecule has 4 nitrogen and oxygen atoms in total. The van der Waals surface area contributed by atoms with Gasteiger partial charge in [-0.25, -0.2) is 4.98 Å². The number of nitrogens with one attached hydrogen (secondary N) is 1. The van der Waals surface area contributed by atoms with Crippen molar-refractivity contribution in [2.24, 2.45) is 0 Å². The van der Waals surface area contributed by atoms with Crippen LogP contribution in [0.15, 0.2) is 24.7 Å². The maximum absolute atomic E-state index is 4.63. The highest BCUT2D eigenvalue weighted by molar-refractivity contribution is 5.53. The molecule has 1 N–H and O–H groups in total. The first kappa shape index (κ1) is 13.2. The lowest BCUT2D eigenvalue weighted by atomic mass is 9.95. The highest BCUT2D eigenvalue weighted by Gasteiger charge is 2.18. The first-order chi connectivity index (χ1) is 9.72. The second-order valence-corrected chi connectivity index (χ2v) is 5.78. The quantitative estimate of drug-likeness (QED) is 0.911. The number of hydrogen-bond donors (Lipinski definition) is 1. The average Bonchev–Trinajstić information content (AvgIpc) is 2.80. The molecule has 1 fully saturated rings. The molecule has 4 heteroatoms. The fourth-order valence-electron chi connectivity index (χ4n) is 3.00. The number of anilines is 2. The van der Waals surface area contributed by atoms with Gasteiger partial charge in [-0.3, -0.25) is 4.98 Å². The molecule has 0 unspecified atom stereocenters. The highest BCUT2D eigenvalue weighted by Crippen LogP contribution is 2.31. The minimum Gasteiger partial charge on any atom is -0.324 e. The SMILES string of the molecule is Cc1cncc(Nc2nc(C)cn2C2CCCCC2)c1. The third-order valence-electron chi connectivity index (χ3n) is 3.95. The van der Waals surface area contributed by atoms with Crippen molar-refractivity contribution in [1.29, 1.82) is 0 Å². The number of aryl methyl sites for hydroxylation is 2. The molecule has 0 amide bonds. The fourth-order valence-corrected chi connectivity index (χ4v) is 3.00. The van der Waals surface area contributed by atoms with Crippen molar-refractivity contribution in [2.75, 3.05) is 5.32 Å². The summed E-state index contributed by atoms with van der Waals surface area (Å²) in [4.78, 5) is 8.86. The van der Waals surface area contributed by atoms with E-state index in [-0.39, 0.29) is 0 Å². The zero-order valence-corrected chi connectivity index (χ0v) is 12.3. The van der Waals surface area contributed by atoms with E-state index in [4.69, 9.17) is 0 Å². The van der Waals surface area contributed by atoms with Crippen LogP contribution in [-0.2, 0) is 0 Å². The Kier molecular flexibility index (Phi) is 3.72. The van der Waals surface area contributed by atoms with Crippen molar-refractivity contribution >= 4 is 11.6 Å². The second kappa shape index (κ2) is 5.65.